The molecule has 13 heavy (non-hydrogen) atoms. The molecule has 0 bridgehead atoms. The van der Waals surface area contributed by atoms with Gasteiger partial charge in [-0.15, -0.1) is 0 Å². The van der Waals surface area contributed by atoms with E-state index >= 15 is 0 Å². The number of ether oxygens (including phenoxy) is 1. The number of hydrogen-bond donors (Lipinski definition) is 1. The highest BCUT2D eigenvalue weighted by Gasteiger charge is 2.26. The fourth-order valence-corrected chi connectivity index (χ4v) is 2.01. The Morgan fingerprint density at radius 1 is 1.46 bits per heavy atom. The molecule has 1 saturated carbocycles. The number of esters is 1. The molecule has 76 valence electrons. The molecule has 0 heterocycles. The normalized spacial score (nSPS) is 28.5. The molecule has 1 rings (SSSR count). The monoisotopic (exact) mass is 185 g/mol. The van der Waals surface area contributed by atoms with E-state index in [1.807, 2.05) is 0 Å². The van der Waals surface area contributed by atoms with Crippen LogP contribution in [0.3, 0.4) is 0 Å². The Bertz CT molecular complexity index is 170. The van der Waals surface area contributed by atoms with Crippen LogP contribution in [0, 0.1) is 5.92 Å². The summed E-state index contributed by atoms with van der Waals surface area (Å²) in [4.78, 5) is 11.0. The van der Waals surface area contributed by atoms with Crippen molar-refractivity contribution in [3.63, 3.8) is 0 Å². The number of carbonyl (C=O) groups excluding carboxylic acids is 1. The van der Waals surface area contributed by atoms with Gasteiger partial charge in [-0.25, -0.2) is 0 Å². The van der Waals surface area contributed by atoms with Gasteiger partial charge in [0, 0.05) is 0 Å². The van der Waals surface area contributed by atoms with Gasteiger partial charge in [-0.05, 0) is 31.6 Å². The summed E-state index contributed by atoms with van der Waals surface area (Å²) in [6, 6.07) is 0. The molecule has 0 aromatic rings. The van der Waals surface area contributed by atoms with Crippen molar-refractivity contribution in [3.05, 3.63) is 0 Å². The Labute approximate surface area is 79.6 Å². The van der Waals surface area contributed by atoms with Crippen LogP contribution in [-0.4, -0.2) is 18.6 Å². The van der Waals surface area contributed by atoms with Gasteiger partial charge < -0.3 is 10.5 Å². The summed E-state index contributed by atoms with van der Waals surface area (Å²) in [5.41, 5.74) is 5.20. The van der Waals surface area contributed by atoms with E-state index < -0.39 is 0 Å². The average Bonchev–Trinajstić information content (AvgIpc) is 2.18. The smallest absolute Gasteiger partial charge is 0.319 e. The van der Waals surface area contributed by atoms with E-state index in [-0.39, 0.29) is 18.6 Å². The Hall–Kier alpha value is -0.570. The SMILES string of the molecule is CCC1CCCCC1OC(=O)CN. The van der Waals surface area contributed by atoms with Crippen LogP contribution in [-0.2, 0) is 9.53 Å². The highest BCUT2D eigenvalue weighted by atomic mass is 16.5. The van der Waals surface area contributed by atoms with Crippen molar-refractivity contribution in [2.45, 2.75) is 45.1 Å². The lowest BCUT2D eigenvalue weighted by atomic mass is 9.85. The number of rotatable bonds is 3. The predicted molar refractivity (Wildman–Crippen MR) is 51.2 cm³/mol. The van der Waals surface area contributed by atoms with Gasteiger partial charge in [0.25, 0.3) is 0 Å². The Morgan fingerprint density at radius 2 is 2.15 bits per heavy atom. The van der Waals surface area contributed by atoms with E-state index in [2.05, 4.69) is 6.92 Å². The second-order valence-corrected chi connectivity index (χ2v) is 3.69. The maximum absolute atomic E-state index is 11.0. The van der Waals surface area contributed by atoms with E-state index in [0.717, 1.165) is 12.8 Å². The summed E-state index contributed by atoms with van der Waals surface area (Å²) in [5, 5.41) is 0. The van der Waals surface area contributed by atoms with Gasteiger partial charge >= 0.3 is 5.97 Å². The van der Waals surface area contributed by atoms with Gasteiger partial charge in [0.05, 0.1) is 6.54 Å². The van der Waals surface area contributed by atoms with Crippen LogP contribution >= 0.6 is 0 Å². The molecule has 1 fully saturated rings. The number of hydrogen-bond acceptors (Lipinski definition) is 3. The van der Waals surface area contributed by atoms with Crippen LogP contribution in [0.5, 0.6) is 0 Å². The lowest BCUT2D eigenvalue weighted by molar-refractivity contribution is -0.151. The van der Waals surface area contributed by atoms with E-state index in [4.69, 9.17) is 10.5 Å². The van der Waals surface area contributed by atoms with Crippen molar-refractivity contribution in [3.8, 4) is 0 Å². The molecule has 2 unspecified atom stereocenters. The maximum Gasteiger partial charge on any atom is 0.319 e. The Morgan fingerprint density at radius 3 is 2.77 bits per heavy atom. The molecule has 0 aromatic heterocycles. The maximum atomic E-state index is 11.0. The fraction of sp³-hybridized carbons (Fsp3) is 0.900. The first-order valence-electron chi connectivity index (χ1n) is 5.17. The second-order valence-electron chi connectivity index (χ2n) is 3.69. The van der Waals surface area contributed by atoms with Crippen LogP contribution in [0.15, 0.2) is 0 Å². The summed E-state index contributed by atoms with van der Waals surface area (Å²) in [5.74, 6) is 0.301. The standard InChI is InChI=1S/C10H19NO2/c1-2-8-5-3-4-6-9(8)13-10(12)7-11/h8-9H,2-7,11H2,1H3. The summed E-state index contributed by atoms with van der Waals surface area (Å²) < 4.78 is 5.28. The fourth-order valence-electron chi connectivity index (χ4n) is 2.01. The van der Waals surface area contributed by atoms with Crippen LogP contribution in [0.2, 0.25) is 0 Å². The van der Waals surface area contributed by atoms with E-state index in [0.29, 0.717) is 5.92 Å². The molecule has 0 amide bonds. The lowest BCUT2D eigenvalue weighted by Gasteiger charge is -2.30. The molecule has 0 saturated heterocycles. The van der Waals surface area contributed by atoms with Gasteiger partial charge in [-0.3, -0.25) is 4.79 Å². The third-order valence-electron chi connectivity index (χ3n) is 2.81. The molecule has 0 aromatic carbocycles. The minimum Gasteiger partial charge on any atom is -0.461 e. The largest absolute Gasteiger partial charge is 0.461 e. The number of nitrogens with two attached hydrogens (primary N) is 1. The van der Waals surface area contributed by atoms with Crippen molar-refractivity contribution in [1.82, 2.24) is 0 Å². The lowest BCUT2D eigenvalue weighted by Crippen LogP contribution is -2.32. The highest BCUT2D eigenvalue weighted by Crippen LogP contribution is 2.28. The predicted octanol–water partition coefficient (Wildman–Crippen LogP) is 1.46. The zero-order chi connectivity index (χ0) is 9.68. The molecule has 0 spiro atoms. The third-order valence-corrected chi connectivity index (χ3v) is 2.81. The van der Waals surface area contributed by atoms with E-state index in [1.165, 1.54) is 19.3 Å². The first-order valence-corrected chi connectivity index (χ1v) is 5.17. The zero-order valence-electron chi connectivity index (χ0n) is 8.29. The molecule has 1 aliphatic carbocycles. The highest BCUT2D eigenvalue weighted by molar-refractivity contribution is 5.71. The van der Waals surface area contributed by atoms with Crippen LogP contribution in [0.25, 0.3) is 0 Å². The Balaban J connectivity index is 2.40. The van der Waals surface area contributed by atoms with Crippen LogP contribution in [0.4, 0.5) is 0 Å². The molecule has 0 radical (unpaired) electrons. The van der Waals surface area contributed by atoms with Gasteiger partial charge in [-0.2, -0.15) is 0 Å². The average molecular weight is 185 g/mol. The molecular formula is C10H19NO2. The van der Waals surface area contributed by atoms with Crippen molar-refractivity contribution in [2.75, 3.05) is 6.54 Å². The molecular weight excluding hydrogens is 166 g/mol. The van der Waals surface area contributed by atoms with Gasteiger partial charge in [0.2, 0.25) is 0 Å². The molecule has 2 atom stereocenters. The minimum atomic E-state index is -0.259. The summed E-state index contributed by atoms with van der Waals surface area (Å²) >= 11 is 0. The third kappa shape index (κ3) is 2.99. The van der Waals surface area contributed by atoms with Gasteiger partial charge in [0.1, 0.15) is 6.10 Å². The summed E-state index contributed by atoms with van der Waals surface area (Å²) in [6.07, 6.45) is 5.90. The molecule has 2 N–H and O–H groups in total. The molecule has 3 nitrogen and oxygen atoms in total. The zero-order valence-corrected chi connectivity index (χ0v) is 8.29. The Kier molecular flexibility index (Phi) is 4.22. The van der Waals surface area contributed by atoms with Crippen molar-refractivity contribution in [2.24, 2.45) is 11.7 Å². The van der Waals surface area contributed by atoms with Crippen molar-refractivity contribution in [1.29, 1.82) is 0 Å². The number of carbonyl (C=O) groups is 1. The summed E-state index contributed by atoms with van der Waals surface area (Å²) in [7, 11) is 0. The van der Waals surface area contributed by atoms with E-state index in [1.54, 1.807) is 0 Å². The van der Waals surface area contributed by atoms with Crippen LogP contribution < -0.4 is 5.73 Å². The van der Waals surface area contributed by atoms with Crippen molar-refractivity contribution < 1.29 is 9.53 Å². The minimum absolute atomic E-state index is 0.00688. The van der Waals surface area contributed by atoms with Gasteiger partial charge in [-0.1, -0.05) is 13.3 Å². The first kappa shape index (κ1) is 10.5. The van der Waals surface area contributed by atoms with E-state index in [9.17, 15) is 4.79 Å². The van der Waals surface area contributed by atoms with Crippen molar-refractivity contribution >= 4 is 5.97 Å². The van der Waals surface area contributed by atoms with Crippen LogP contribution in [0.1, 0.15) is 39.0 Å². The summed E-state index contributed by atoms with van der Waals surface area (Å²) in [6.45, 7) is 2.16. The molecule has 3 heteroatoms. The van der Waals surface area contributed by atoms with Gasteiger partial charge in [0.15, 0.2) is 0 Å². The second kappa shape index (κ2) is 5.22. The molecule has 0 aliphatic heterocycles. The first-order chi connectivity index (χ1) is 6.27. The topological polar surface area (TPSA) is 52.3 Å². The molecule has 1 aliphatic rings. The quantitative estimate of drug-likeness (QED) is 0.677.